The first kappa shape index (κ1) is 19.4. The van der Waals surface area contributed by atoms with Crippen LogP contribution in [0.4, 0.5) is 4.39 Å². The number of hydrogen-bond acceptors (Lipinski definition) is 5. The number of thioether (sulfide) groups is 1. The highest BCUT2D eigenvalue weighted by molar-refractivity contribution is 9.10. The van der Waals surface area contributed by atoms with Crippen LogP contribution in [0.15, 0.2) is 58.2 Å². The van der Waals surface area contributed by atoms with Gasteiger partial charge in [-0.1, -0.05) is 52.0 Å². The van der Waals surface area contributed by atoms with Gasteiger partial charge in [0.15, 0.2) is 5.82 Å². The van der Waals surface area contributed by atoms with Crippen molar-refractivity contribution in [2.24, 2.45) is 0 Å². The van der Waals surface area contributed by atoms with Gasteiger partial charge < -0.3 is 11.2 Å². The van der Waals surface area contributed by atoms with E-state index in [9.17, 15) is 9.18 Å². The third-order valence-corrected chi connectivity index (χ3v) is 5.40. The maximum Gasteiger partial charge on any atom is 0.230 e. The zero-order valence-electron chi connectivity index (χ0n) is 14.2. The Kier molecular flexibility index (Phi) is 6.46. The first-order valence-electron chi connectivity index (χ1n) is 8.14. The summed E-state index contributed by atoms with van der Waals surface area (Å²) < 4.78 is 15.1. The van der Waals surface area contributed by atoms with Gasteiger partial charge in [0, 0.05) is 16.6 Å². The topological polar surface area (TPSA) is 85.8 Å². The fraction of sp³-hybridized carbons (Fsp3) is 0.167. The molecule has 1 aromatic heterocycles. The highest BCUT2D eigenvalue weighted by Gasteiger charge is 2.15. The van der Waals surface area contributed by atoms with Crippen molar-refractivity contribution in [2.45, 2.75) is 11.6 Å². The van der Waals surface area contributed by atoms with Crippen LogP contribution in [0.25, 0.3) is 11.4 Å². The zero-order chi connectivity index (χ0) is 19.2. The van der Waals surface area contributed by atoms with E-state index in [-0.39, 0.29) is 17.5 Å². The summed E-state index contributed by atoms with van der Waals surface area (Å²) in [6.45, 7) is 0.475. The second kappa shape index (κ2) is 9.01. The van der Waals surface area contributed by atoms with E-state index >= 15 is 0 Å². The first-order valence-corrected chi connectivity index (χ1v) is 9.92. The molecule has 0 spiro atoms. The summed E-state index contributed by atoms with van der Waals surface area (Å²) in [5.74, 6) is 6.35. The van der Waals surface area contributed by atoms with Crippen LogP contribution >= 0.6 is 27.7 Å². The largest absolute Gasteiger partial charge is 0.355 e. The number of nitrogens with zero attached hydrogens (tertiary/aromatic N) is 3. The van der Waals surface area contributed by atoms with Crippen molar-refractivity contribution in [1.82, 2.24) is 20.2 Å². The van der Waals surface area contributed by atoms with Gasteiger partial charge in [0.25, 0.3) is 0 Å². The highest BCUT2D eigenvalue weighted by atomic mass is 79.9. The second-order valence-electron chi connectivity index (χ2n) is 5.67. The second-order valence-corrected chi connectivity index (χ2v) is 7.47. The smallest absolute Gasteiger partial charge is 0.230 e. The Morgan fingerprint density at radius 2 is 1.93 bits per heavy atom. The summed E-state index contributed by atoms with van der Waals surface area (Å²) in [5, 5.41) is 11.4. The molecule has 0 bridgehead atoms. The van der Waals surface area contributed by atoms with Gasteiger partial charge >= 0.3 is 0 Å². The Bertz CT molecular complexity index is 932. The lowest BCUT2D eigenvalue weighted by molar-refractivity contribution is -0.118. The van der Waals surface area contributed by atoms with Gasteiger partial charge in [-0.05, 0) is 36.2 Å². The van der Waals surface area contributed by atoms with Crippen molar-refractivity contribution in [2.75, 3.05) is 18.1 Å². The van der Waals surface area contributed by atoms with Crippen LogP contribution in [0.2, 0.25) is 0 Å². The number of hydrogen-bond donors (Lipinski definition) is 2. The Labute approximate surface area is 168 Å². The van der Waals surface area contributed by atoms with Crippen LogP contribution in [0, 0.1) is 5.82 Å². The fourth-order valence-electron chi connectivity index (χ4n) is 2.38. The molecule has 3 aromatic rings. The van der Waals surface area contributed by atoms with E-state index in [1.807, 2.05) is 24.3 Å². The molecule has 0 radical (unpaired) electrons. The fourth-order valence-corrected chi connectivity index (χ4v) is 3.53. The molecule has 0 aliphatic rings. The molecule has 140 valence electrons. The Balaban J connectivity index is 1.50. The molecule has 3 rings (SSSR count). The first-order chi connectivity index (χ1) is 13.0. The van der Waals surface area contributed by atoms with Crippen LogP contribution < -0.4 is 11.2 Å². The molecule has 1 amide bonds. The molecular formula is C18H17BrFN5OS. The lowest BCUT2D eigenvalue weighted by Gasteiger charge is -2.06. The third-order valence-electron chi connectivity index (χ3n) is 3.76. The van der Waals surface area contributed by atoms with Crippen molar-refractivity contribution in [3.05, 3.63) is 64.4 Å². The number of carbonyl (C=O) groups excluding carboxylic acids is 1. The molecule has 0 aliphatic heterocycles. The number of amides is 1. The summed E-state index contributed by atoms with van der Waals surface area (Å²) in [4.78, 5) is 12.0. The van der Waals surface area contributed by atoms with Crippen LogP contribution in [0.5, 0.6) is 0 Å². The van der Waals surface area contributed by atoms with E-state index < -0.39 is 0 Å². The normalized spacial score (nSPS) is 10.7. The van der Waals surface area contributed by atoms with Crippen molar-refractivity contribution in [3.63, 3.8) is 0 Å². The van der Waals surface area contributed by atoms with Crippen molar-refractivity contribution < 1.29 is 9.18 Å². The molecule has 0 saturated carbocycles. The van der Waals surface area contributed by atoms with Crippen molar-refractivity contribution in [3.8, 4) is 11.4 Å². The molecule has 9 heteroatoms. The quantitative estimate of drug-likeness (QED) is 0.427. The minimum absolute atomic E-state index is 0.132. The summed E-state index contributed by atoms with van der Waals surface area (Å²) >= 11 is 4.67. The van der Waals surface area contributed by atoms with E-state index in [2.05, 4.69) is 31.4 Å². The van der Waals surface area contributed by atoms with Crippen molar-refractivity contribution in [1.29, 1.82) is 0 Å². The standard InChI is InChI=1S/C18H17BrFN5OS/c19-15-4-2-1-3-14(15)17-23-24-18(25(17)21)27-11-16(26)22-10-9-12-5-7-13(20)8-6-12/h1-8H,9-11,21H2,(H,22,26). The van der Waals surface area contributed by atoms with E-state index in [1.54, 1.807) is 12.1 Å². The SMILES string of the molecule is Nn1c(SCC(=O)NCCc2ccc(F)cc2)nnc1-c1ccccc1Br. The third kappa shape index (κ3) is 5.08. The number of nitrogens with one attached hydrogen (secondary N) is 1. The predicted octanol–water partition coefficient (Wildman–Crippen LogP) is 3.01. The maximum absolute atomic E-state index is 12.9. The number of rotatable bonds is 7. The minimum atomic E-state index is -0.271. The molecule has 0 fully saturated rings. The van der Waals surface area contributed by atoms with Gasteiger partial charge in [-0.25, -0.2) is 9.07 Å². The molecule has 3 N–H and O–H groups in total. The number of aromatic nitrogens is 3. The molecule has 1 heterocycles. The molecule has 27 heavy (non-hydrogen) atoms. The van der Waals surface area contributed by atoms with Gasteiger partial charge in [0.05, 0.1) is 5.75 Å². The molecular weight excluding hydrogens is 433 g/mol. The Hall–Kier alpha value is -2.39. The van der Waals surface area contributed by atoms with Crippen molar-refractivity contribution >= 4 is 33.6 Å². The Morgan fingerprint density at radius 1 is 1.19 bits per heavy atom. The summed E-state index contributed by atoms with van der Waals surface area (Å²) in [6.07, 6.45) is 0.635. The molecule has 0 unspecified atom stereocenters. The molecule has 0 atom stereocenters. The minimum Gasteiger partial charge on any atom is -0.355 e. The summed E-state index contributed by atoms with van der Waals surface area (Å²) in [6, 6.07) is 13.8. The monoisotopic (exact) mass is 449 g/mol. The lowest BCUT2D eigenvalue weighted by Crippen LogP contribution is -2.27. The number of benzene rings is 2. The van der Waals surface area contributed by atoms with Crippen LogP contribution in [0.3, 0.4) is 0 Å². The average molecular weight is 450 g/mol. The predicted molar refractivity (Wildman–Crippen MR) is 107 cm³/mol. The van der Waals surface area contributed by atoms with Crippen LogP contribution in [0.1, 0.15) is 5.56 Å². The van der Waals surface area contributed by atoms with E-state index in [1.165, 1.54) is 28.6 Å². The van der Waals surface area contributed by atoms with Gasteiger partial charge in [-0.15, -0.1) is 10.2 Å². The number of nitrogen functional groups attached to an aromatic ring is 1. The van der Waals surface area contributed by atoms with E-state index in [0.29, 0.717) is 23.9 Å². The molecule has 2 aromatic carbocycles. The molecule has 6 nitrogen and oxygen atoms in total. The van der Waals surface area contributed by atoms with Crippen LogP contribution in [-0.2, 0) is 11.2 Å². The van der Waals surface area contributed by atoms with Gasteiger partial charge in [-0.3, -0.25) is 4.79 Å². The summed E-state index contributed by atoms with van der Waals surface area (Å²) in [5.41, 5.74) is 1.78. The lowest BCUT2D eigenvalue weighted by atomic mass is 10.1. The maximum atomic E-state index is 12.9. The van der Waals surface area contributed by atoms with Gasteiger partial charge in [-0.2, -0.15) is 0 Å². The highest BCUT2D eigenvalue weighted by Crippen LogP contribution is 2.27. The number of nitrogens with two attached hydrogens (primary N) is 1. The number of halogens is 2. The zero-order valence-corrected chi connectivity index (χ0v) is 16.6. The van der Waals surface area contributed by atoms with E-state index in [4.69, 9.17) is 5.84 Å². The van der Waals surface area contributed by atoms with Gasteiger partial charge in [0.2, 0.25) is 11.1 Å². The average Bonchev–Trinajstić information content (AvgIpc) is 3.02. The van der Waals surface area contributed by atoms with Crippen LogP contribution in [-0.4, -0.2) is 33.1 Å². The molecule has 0 aliphatic carbocycles. The van der Waals surface area contributed by atoms with Gasteiger partial charge in [0.1, 0.15) is 5.82 Å². The Morgan fingerprint density at radius 3 is 2.67 bits per heavy atom. The summed E-state index contributed by atoms with van der Waals surface area (Å²) in [7, 11) is 0. The number of carbonyl (C=O) groups is 1. The molecule has 0 saturated heterocycles. The van der Waals surface area contributed by atoms with E-state index in [0.717, 1.165) is 15.6 Å².